The van der Waals surface area contributed by atoms with Crippen LogP contribution in [0.2, 0.25) is 10.0 Å². The number of carbonyl (C=O) groups is 3. The van der Waals surface area contributed by atoms with Crippen molar-refractivity contribution in [3.63, 3.8) is 0 Å². The van der Waals surface area contributed by atoms with E-state index in [1.54, 1.807) is 54.7 Å². The maximum Gasteiger partial charge on any atom is 0.416 e. The van der Waals surface area contributed by atoms with Gasteiger partial charge in [0.2, 0.25) is 0 Å². The van der Waals surface area contributed by atoms with Crippen LogP contribution in [0, 0.1) is 5.82 Å². The second kappa shape index (κ2) is 25.7. The molecule has 0 fully saturated rings. The molecule has 0 aliphatic rings. The summed E-state index contributed by atoms with van der Waals surface area (Å²) in [5.74, 6) is -2.56. The number of nitrogens with two attached hydrogens (primary N) is 2. The number of aromatic nitrogens is 1. The number of ether oxygens (including phenoxy) is 3. The highest BCUT2D eigenvalue weighted by atomic mass is 35.5. The van der Waals surface area contributed by atoms with Crippen molar-refractivity contribution in [3.8, 4) is 0 Å². The summed E-state index contributed by atoms with van der Waals surface area (Å²) < 4.78 is 67.2. The molecule has 354 valence electrons. The first kappa shape index (κ1) is 53.5. The van der Waals surface area contributed by atoms with Crippen LogP contribution in [0.4, 0.5) is 17.6 Å². The molecule has 1 aromatic heterocycles. The van der Waals surface area contributed by atoms with E-state index in [1.807, 2.05) is 61.5 Å². The Morgan fingerprint density at radius 2 is 1.22 bits per heavy atom. The highest BCUT2D eigenvalue weighted by Crippen LogP contribution is 2.33. The van der Waals surface area contributed by atoms with Gasteiger partial charge in [-0.3, -0.25) is 19.4 Å². The number of esters is 3. The minimum Gasteiger partial charge on any atom is -0.460 e. The summed E-state index contributed by atoms with van der Waals surface area (Å²) in [6.07, 6.45) is -2.28. The van der Waals surface area contributed by atoms with Crippen LogP contribution in [0.5, 0.6) is 0 Å². The Morgan fingerprint density at radius 3 is 1.76 bits per heavy atom. The largest absolute Gasteiger partial charge is 0.460 e. The number of nitrogens with zero attached hydrogens (tertiary/aromatic N) is 1. The fraction of sp³-hybridized carbons (Fsp3) is 0.255. The lowest BCUT2D eigenvalue weighted by Gasteiger charge is -2.29. The maximum absolute atomic E-state index is 13.6. The van der Waals surface area contributed by atoms with Crippen molar-refractivity contribution >= 4 is 41.1 Å². The van der Waals surface area contributed by atoms with Gasteiger partial charge in [-0.05, 0) is 90.2 Å². The van der Waals surface area contributed by atoms with Gasteiger partial charge in [0.05, 0.1) is 23.8 Å². The van der Waals surface area contributed by atoms with Crippen molar-refractivity contribution in [2.75, 3.05) is 19.7 Å². The van der Waals surface area contributed by atoms with Gasteiger partial charge in [-0.15, -0.1) is 0 Å². The molecule has 0 aliphatic carbocycles. The van der Waals surface area contributed by atoms with Crippen molar-refractivity contribution < 1.29 is 51.3 Å². The van der Waals surface area contributed by atoms with Crippen molar-refractivity contribution in [2.45, 2.75) is 63.0 Å². The third kappa shape index (κ3) is 15.2. The van der Waals surface area contributed by atoms with Gasteiger partial charge in [0, 0.05) is 34.9 Å². The van der Waals surface area contributed by atoms with E-state index >= 15 is 0 Å². The number of pyridine rings is 1. The molecule has 3 atom stereocenters. The number of aliphatic hydroxyl groups excluding tert-OH is 1. The molecule has 5 aromatic carbocycles. The zero-order chi connectivity index (χ0) is 49.0. The smallest absolute Gasteiger partial charge is 0.416 e. The van der Waals surface area contributed by atoms with Gasteiger partial charge in [-0.25, -0.2) is 4.39 Å². The molecule has 3 unspecified atom stereocenters. The predicted molar refractivity (Wildman–Crippen MR) is 248 cm³/mol. The molecule has 6 aromatic rings. The van der Waals surface area contributed by atoms with Gasteiger partial charge in [0.15, 0.2) is 0 Å². The van der Waals surface area contributed by atoms with E-state index < -0.39 is 46.9 Å². The lowest BCUT2D eigenvalue weighted by Crippen LogP contribution is -2.43. The molecule has 0 saturated carbocycles. The summed E-state index contributed by atoms with van der Waals surface area (Å²) >= 11 is 11.7. The van der Waals surface area contributed by atoms with Crippen LogP contribution in [0.1, 0.15) is 65.3 Å². The van der Waals surface area contributed by atoms with Gasteiger partial charge in [0.1, 0.15) is 36.5 Å². The average molecular weight is 965 g/mol. The Labute approximate surface area is 396 Å². The Morgan fingerprint density at radius 1 is 0.672 bits per heavy atom. The molecule has 0 aliphatic heterocycles. The first-order valence-corrected chi connectivity index (χ1v) is 21.6. The van der Waals surface area contributed by atoms with Crippen LogP contribution in [-0.2, 0) is 65.4 Å². The van der Waals surface area contributed by atoms with Crippen molar-refractivity contribution in [2.24, 2.45) is 11.5 Å². The fourth-order valence-electron chi connectivity index (χ4n) is 6.45. The van der Waals surface area contributed by atoms with Crippen molar-refractivity contribution in [1.29, 1.82) is 0 Å². The molecule has 16 heteroatoms. The van der Waals surface area contributed by atoms with E-state index in [0.717, 1.165) is 41.0 Å². The second-order valence-corrected chi connectivity index (χ2v) is 16.1. The fourth-order valence-corrected chi connectivity index (χ4v) is 6.71. The molecule has 10 nitrogen and oxygen atoms in total. The van der Waals surface area contributed by atoms with E-state index in [4.69, 9.17) is 48.9 Å². The third-order valence-corrected chi connectivity index (χ3v) is 11.3. The summed E-state index contributed by atoms with van der Waals surface area (Å²) in [6, 6.07) is 38.9. The zero-order valence-electron chi connectivity index (χ0n) is 36.7. The number of hydrogen-bond acceptors (Lipinski definition) is 10. The highest BCUT2D eigenvalue weighted by molar-refractivity contribution is 6.30. The first-order chi connectivity index (χ1) is 32.0. The van der Waals surface area contributed by atoms with Crippen LogP contribution in [0.25, 0.3) is 0 Å². The first-order valence-electron chi connectivity index (χ1n) is 20.9. The topological polar surface area (TPSA) is 164 Å². The number of alkyl halides is 3. The van der Waals surface area contributed by atoms with Crippen LogP contribution in [-0.4, -0.2) is 47.7 Å². The summed E-state index contributed by atoms with van der Waals surface area (Å²) in [4.78, 5) is 41.2. The summed E-state index contributed by atoms with van der Waals surface area (Å²) in [5, 5.41) is 10.8. The van der Waals surface area contributed by atoms with E-state index in [-0.39, 0.29) is 56.0 Å². The second-order valence-electron chi connectivity index (χ2n) is 15.2. The van der Waals surface area contributed by atoms with Gasteiger partial charge in [0.25, 0.3) is 0 Å². The zero-order valence-corrected chi connectivity index (χ0v) is 38.2. The Balaban J connectivity index is 0.000000221. The molecule has 0 saturated heterocycles. The number of hydrogen-bond donors (Lipinski definition) is 3. The van der Waals surface area contributed by atoms with E-state index in [1.165, 1.54) is 25.1 Å². The predicted octanol–water partition coefficient (Wildman–Crippen LogP) is 10.0. The van der Waals surface area contributed by atoms with Gasteiger partial charge < -0.3 is 30.8 Å². The Kier molecular flexibility index (Phi) is 20.5. The lowest BCUT2D eigenvalue weighted by atomic mass is 9.78. The summed E-state index contributed by atoms with van der Waals surface area (Å²) in [5.41, 5.74) is 11.9. The number of benzene rings is 5. The Bertz CT molecular complexity index is 2460. The summed E-state index contributed by atoms with van der Waals surface area (Å²) in [6.45, 7) is 3.03. The molecule has 1 heterocycles. The quantitative estimate of drug-likeness (QED) is 0.0483. The van der Waals surface area contributed by atoms with Crippen LogP contribution < -0.4 is 11.5 Å². The SMILES string of the molecule is CC(CO)(C(=O)OCc1ccccc1F)c1ccc(C(F)(F)F)cc1.CCC(CN)(C(=O)OCc1ccccc1)c1ccc(Cl)cc1.NCC(C(=O)OCc1ccccn1)c1ccc(Cl)cc1. The number of carbonyl (C=O) groups excluding carboxylic acids is 3. The highest BCUT2D eigenvalue weighted by Gasteiger charge is 2.40. The standard InChI is InChI=1S/C18H20ClNO2.C18H16F4O3.C15H15ClN2O2/c1-2-18(13-20,15-8-10-16(19)11-9-15)17(21)22-12-14-6-4-3-5-7-14;1-17(11-23,13-6-8-14(9-7-13)18(20,21)22)16(24)25-10-12-4-2-3-5-15(12)19;16-12-6-4-11(5-7-12)14(9-17)15(19)20-10-13-3-1-2-8-18-13/h3-11H,2,12-13,20H2,1H3;2-9,23H,10-11H2,1H3;1-8,14H,9-10,17H2. The number of rotatable bonds is 16. The van der Waals surface area contributed by atoms with Gasteiger partial charge in [-0.2, -0.15) is 13.2 Å². The van der Waals surface area contributed by atoms with Gasteiger partial charge in [-0.1, -0.05) is 121 Å². The molecule has 6 rings (SSSR count). The van der Waals surface area contributed by atoms with E-state index in [0.29, 0.717) is 22.2 Å². The van der Waals surface area contributed by atoms with E-state index in [9.17, 15) is 37.1 Å². The lowest BCUT2D eigenvalue weighted by molar-refractivity contribution is -0.153. The molecule has 0 radical (unpaired) electrons. The molecular formula is C51H51Cl2F4N3O7. The average Bonchev–Trinajstić information content (AvgIpc) is 3.34. The Hall–Kier alpha value is -6.16. The molecule has 67 heavy (non-hydrogen) atoms. The molecule has 0 amide bonds. The molecule has 0 bridgehead atoms. The third-order valence-electron chi connectivity index (χ3n) is 10.8. The van der Waals surface area contributed by atoms with Crippen molar-refractivity contribution in [3.05, 3.63) is 207 Å². The van der Waals surface area contributed by atoms with Crippen LogP contribution >= 0.6 is 23.2 Å². The van der Waals surface area contributed by atoms with Gasteiger partial charge >= 0.3 is 24.1 Å². The normalized spacial score (nSPS) is 13.2. The molecule has 5 N–H and O–H groups in total. The number of halogens is 6. The van der Waals surface area contributed by atoms with E-state index in [2.05, 4.69) is 4.98 Å². The van der Waals surface area contributed by atoms with Crippen LogP contribution in [0.3, 0.4) is 0 Å². The van der Waals surface area contributed by atoms with Crippen molar-refractivity contribution in [1.82, 2.24) is 4.98 Å². The van der Waals surface area contributed by atoms with Crippen LogP contribution in [0.15, 0.2) is 152 Å². The minimum absolute atomic E-state index is 0.143. The molecule has 0 spiro atoms. The summed E-state index contributed by atoms with van der Waals surface area (Å²) in [7, 11) is 0. The maximum atomic E-state index is 13.6. The number of aliphatic hydroxyl groups is 1. The monoisotopic (exact) mass is 963 g/mol. The minimum atomic E-state index is -4.50. The molecular weight excluding hydrogens is 913 g/mol.